The summed E-state index contributed by atoms with van der Waals surface area (Å²) in [5.41, 5.74) is 2.37. The smallest absolute Gasteiger partial charge is 0.265 e. The highest BCUT2D eigenvalue weighted by molar-refractivity contribution is 6.24. The van der Waals surface area contributed by atoms with Gasteiger partial charge >= 0.3 is 0 Å². The van der Waals surface area contributed by atoms with Crippen LogP contribution in [0.25, 0.3) is 0 Å². The van der Waals surface area contributed by atoms with Crippen molar-refractivity contribution in [1.29, 1.82) is 0 Å². The topological polar surface area (TPSA) is 123 Å². The summed E-state index contributed by atoms with van der Waals surface area (Å²) in [5, 5.41) is 12.2. The van der Waals surface area contributed by atoms with Crippen molar-refractivity contribution in [3.8, 4) is 11.5 Å². The van der Waals surface area contributed by atoms with Crippen LogP contribution in [0.1, 0.15) is 97.9 Å². The lowest BCUT2D eigenvalue weighted by Crippen LogP contribution is -2.54. The second kappa shape index (κ2) is 16.6. The molecule has 0 spiro atoms. The summed E-state index contributed by atoms with van der Waals surface area (Å²) in [5.74, 6) is -4.52. The van der Waals surface area contributed by atoms with E-state index in [1.807, 2.05) is 35.6 Å². The Bertz CT molecular complexity index is 2590. The zero-order valence-corrected chi connectivity index (χ0v) is 32.3. The van der Waals surface area contributed by atoms with Crippen molar-refractivity contribution in [1.82, 2.24) is 20.0 Å². The highest BCUT2D eigenvalue weighted by Crippen LogP contribution is 2.47. The highest BCUT2D eigenvalue weighted by Gasteiger charge is 2.47. The normalized spacial score (nSPS) is 28.4. The number of aromatic hydroxyl groups is 1. The Hall–Kier alpha value is -5.59. The number of aryl methyl sites for hydroxylation is 1. The second-order valence-electron chi connectivity index (χ2n) is 15.8. The Kier molecular flexibility index (Phi) is 8.56. The molecule has 1 aliphatic carbocycles. The lowest BCUT2D eigenvalue weighted by atomic mass is 9.69. The SMILES string of the molecule is [2H]C1([2H])N(CC2CCN(CCOc3ccc([C@@H]4c5ccc(O)cc5CC[C@@H]4c4ccccc4)cc3)CC2)C([2H])([2H])C([2H])([2H])N(c2ccc3c(c2F)C(=O)N(C2CCC(=O)NC2=O)C3=O)C1([2H])[2H]. The molecule has 9 rings (SSSR count). The van der Waals surface area contributed by atoms with E-state index in [0.29, 0.717) is 54.6 Å². The molecule has 4 aromatic rings. The average Bonchev–Trinajstić information content (AvgIpc) is 3.54. The molecule has 4 amide bonds. The van der Waals surface area contributed by atoms with Crippen molar-refractivity contribution < 1.29 is 44.4 Å². The van der Waals surface area contributed by atoms with Gasteiger partial charge in [0.2, 0.25) is 11.8 Å². The molecular weight excluding hydrogens is 750 g/mol. The van der Waals surface area contributed by atoms with Gasteiger partial charge in [-0.2, -0.15) is 0 Å². The maximum Gasteiger partial charge on any atom is 0.265 e. The molecule has 0 radical (unpaired) electrons. The first-order chi connectivity index (χ1) is 31.7. The minimum absolute atomic E-state index is 0.0254. The number of anilines is 1. The van der Waals surface area contributed by atoms with Gasteiger partial charge in [0.1, 0.15) is 24.1 Å². The van der Waals surface area contributed by atoms with Crippen LogP contribution < -0.4 is 15.0 Å². The fourth-order valence-corrected chi connectivity index (χ4v) is 9.16. The summed E-state index contributed by atoms with van der Waals surface area (Å²) in [6.07, 6.45) is 2.35. The van der Waals surface area contributed by atoms with Crippen LogP contribution in [0.3, 0.4) is 0 Å². The number of piperidine rings is 2. The monoisotopic (exact) mass is 807 g/mol. The third-order valence-electron chi connectivity index (χ3n) is 12.2. The molecule has 4 heterocycles. The Morgan fingerprint density at radius 3 is 2.31 bits per heavy atom. The summed E-state index contributed by atoms with van der Waals surface area (Å²) in [6.45, 7) is -11.8. The molecule has 12 heteroatoms. The zero-order chi connectivity index (χ0) is 47.8. The summed E-state index contributed by atoms with van der Waals surface area (Å²) < 4.78 is 94.6. The molecule has 3 atom stereocenters. The molecule has 11 nitrogen and oxygen atoms in total. The van der Waals surface area contributed by atoms with Gasteiger partial charge in [0, 0.05) is 56.9 Å². The van der Waals surface area contributed by atoms with Crippen LogP contribution in [-0.4, -0.2) is 108 Å². The zero-order valence-electron chi connectivity index (χ0n) is 40.3. The quantitative estimate of drug-likeness (QED) is 0.194. The molecule has 1 unspecified atom stereocenters. The van der Waals surface area contributed by atoms with Gasteiger partial charge in [-0.15, -0.1) is 0 Å². The van der Waals surface area contributed by atoms with Crippen LogP contribution in [-0.2, 0) is 16.0 Å². The summed E-state index contributed by atoms with van der Waals surface area (Å²) in [6, 6.07) is 24.5. The number of amides is 4. The third-order valence-corrected chi connectivity index (χ3v) is 12.2. The first-order valence-corrected chi connectivity index (χ1v) is 20.2. The van der Waals surface area contributed by atoms with E-state index in [2.05, 4.69) is 41.3 Å². The molecule has 59 heavy (non-hydrogen) atoms. The summed E-state index contributed by atoms with van der Waals surface area (Å²) >= 11 is 0. The number of halogens is 1. The van der Waals surface area contributed by atoms with Crippen molar-refractivity contribution in [2.24, 2.45) is 5.92 Å². The number of hydrogen-bond donors (Lipinski definition) is 2. The molecule has 0 bridgehead atoms. The number of likely N-dealkylation sites (tertiary alicyclic amines) is 1. The van der Waals surface area contributed by atoms with E-state index in [1.54, 1.807) is 6.07 Å². The summed E-state index contributed by atoms with van der Waals surface area (Å²) in [7, 11) is 0. The Morgan fingerprint density at radius 2 is 1.56 bits per heavy atom. The molecule has 0 saturated carbocycles. The largest absolute Gasteiger partial charge is 0.508 e. The predicted octanol–water partition coefficient (Wildman–Crippen LogP) is 5.71. The maximum absolute atomic E-state index is 16.6. The molecule has 3 saturated heterocycles. The molecule has 2 N–H and O–H groups in total. The van der Waals surface area contributed by atoms with Crippen LogP contribution >= 0.6 is 0 Å². The summed E-state index contributed by atoms with van der Waals surface area (Å²) in [4.78, 5) is 54.3. The molecular formula is C47H50FN5O6. The van der Waals surface area contributed by atoms with E-state index in [0.717, 1.165) is 36.1 Å². The Balaban J connectivity index is 0.837. The highest BCUT2D eigenvalue weighted by atomic mass is 19.1. The number of carbonyl (C=O) groups excluding carboxylic acids is 4. The van der Waals surface area contributed by atoms with Crippen LogP contribution in [0, 0.1) is 11.7 Å². The van der Waals surface area contributed by atoms with Crippen molar-refractivity contribution in [3.05, 3.63) is 124 Å². The van der Waals surface area contributed by atoms with E-state index in [1.165, 1.54) is 11.1 Å². The number of hydrogen-bond acceptors (Lipinski definition) is 9. The number of nitrogens with one attached hydrogen (secondary N) is 1. The molecule has 4 aliphatic heterocycles. The van der Waals surface area contributed by atoms with Crippen molar-refractivity contribution >= 4 is 29.3 Å². The fraction of sp³-hybridized carbons (Fsp3) is 0.404. The minimum atomic E-state index is -3.45. The molecule has 5 aliphatic rings. The number of carbonyl (C=O) groups is 4. The van der Waals surface area contributed by atoms with E-state index >= 15 is 4.39 Å². The van der Waals surface area contributed by atoms with Gasteiger partial charge < -0.3 is 14.7 Å². The van der Waals surface area contributed by atoms with Crippen LogP contribution in [0.15, 0.2) is 84.9 Å². The number of phenolic OH excluding ortho intramolecular Hbond substituents is 1. The minimum Gasteiger partial charge on any atom is -0.508 e. The predicted molar refractivity (Wildman–Crippen MR) is 220 cm³/mol. The van der Waals surface area contributed by atoms with Gasteiger partial charge in [-0.1, -0.05) is 48.5 Å². The van der Waals surface area contributed by atoms with E-state index in [9.17, 15) is 24.3 Å². The number of phenols is 1. The third kappa shape index (κ3) is 7.83. The van der Waals surface area contributed by atoms with Gasteiger partial charge in [0.15, 0.2) is 5.82 Å². The average molecular weight is 808 g/mol. The van der Waals surface area contributed by atoms with Gasteiger partial charge in [0.05, 0.1) is 22.3 Å². The van der Waals surface area contributed by atoms with Gasteiger partial charge in [-0.3, -0.25) is 39.2 Å². The number of ether oxygens (including phenoxy) is 1. The van der Waals surface area contributed by atoms with E-state index in [-0.39, 0.29) is 47.8 Å². The van der Waals surface area contributed by atoms with Gasteiger partial charge in [-0.25, -0.2) is 4.39 Å². The number of piperazine rings is 1. The second-order valence-corrected chi connectivity index (χ2v) is 15.8. The lowest BCUT2D eigenvalue weighted by molar-refractivity contribution is -0.136. The van der Waals surface area contributed by atoms with Crippen molar-refractivity contribution in [2.75, 3.05) is 63.7 Å². The number of nitrogens with zero attached hydrogens (tertiary/aromatic N) is 4. The Labute approximate surface area is 355 Å². The van der Waals surface area contributed by atoms with Crippen LogP contribution in [0.2, 0.25) is 0 Å². The number of imide groups is 2. The number of rotatable bonds is 10. The Morgan fingerprint density at radius 1 is 0.797 bits per heavy atom. The van der Waals surface area contributed by atoms with Gasteiger partial charge in [0.25, 0.3) is 11.8 Å². The number of fused-ring (bicyclic) bond motifs is 2. The fourth-order valence-electron chi connectivity index (χ4n) is 9.16. The molecule has 0 aromatic heterocycles. The van der Waals surface area contributed by atoms with Crippen molar-refractivity contribution in [2.45, 2.75) is 56.4 Å². The van der Waals surface area contributed by atoms with E-state index < -0.39 is 78.3 Å². The first kappa shape index (κ1) is 30.5. The lowest BCUT2D eigenvalue weighted by Gasteiger charge is -2.39. The van der Waals surface area contributed by atoms with Crippen LogP contribution in [0.4, 0.5) is 10.1 Å². The molecule has 4 aromatic carbocycles. The van der Waals surface area contributed by atoms with E-state index in [4.69, 9.17) is 15.7 Å². The number of benzene rings is 4. The molecule has 3 fully saturated rings. The molecule has 306 valence electrons. The standard InChI is InChI=1S/C47H50FN5O6/c48-44-39(15-14-38-43(44)47(58)53(46(38)57)40-16-17-41(55)49-45(40)56)52-24-22-51(23-25-52)29-30-18-20-50(21-19-30)26-27-59-35-10-6-32(7-11-35)42-36(31-4-2-1-3-5-31)12-8-33-28-34(54)9-13-37(33)42/h1-7,9-11,13-15,28,30,36,40,42,54H,8,12,16-27,29H2,(H,49,55,56)/t36-,40?,42+/m1/s1/i22D2,23D2,24D2,25D2. The van der Waals surface area contributed by atoms with Gasteiger partial charge in [-0.05, 0) is 116 Å². The van der Waals surface area contributed by atoms with Crippen LogP contribution in [0.5, 0.6) is 11.5 Å². The maximum atomic E-state index is 16.6. The van der Waals surface area contributed by atoms with Crippen molar-refractivity contribution in [3.63, 3.8) is 0 Å². The first-order valence-electron chi connectivity index (χ1n) is 24.2.